The third-order valence-corrected chi connectivity index (χ3v) is 3.30. The first-order chi connectivity index (χ1) is 9.81. The van der Waals surface area contributed by atoms with E-state index in [0.29, 0.717) is 5.69 Å². The molecule has 0 aliphatic carbocycles. The molecule has 0 saturated heterocycles. The van der Waals surface area contributed by atoms with Crippen molar-refractivity contribution >= 4 is 10.8 Å². The summed E-state index contributed by atoms with van der Waals surface area (Å²) in [6.45, 7) is 0. The lowest BCUT2D eigenvalue weighted by Gasteiger charge is -2.14. The maximum Gasteiger partial charge on any atom is 0.126 e. The molecule has 3 aromatic rings. The topological polar surface area (TPSA) is 55.2 Å². The molecule has 3 rings (SSSR count). The molecule has 1 heterocycles. The first kappa shape index (κ1) is 12.6. The van der Waals surface area contributed by atoms with Gasteiger partial charge < -0.3 is 9.84 Å². The standard InChI is InChI=1S/C16H14N2O2/c1-20-15-7-6-13(11-4-2-3-5-12(11)15)16(19)14-10-17-8-9-18-14/h2-10,16,19H,1H3. The highest BCUT2D eigenvalue weighted by molar-refractivity contribution is 5.91. The van der Waals surface area contributed by atoms with E-state index < -0.39 is 6.10 Å². The summed E-state index contributed by atoms with van der Waals surface area (Å²) in [6.07, 6.45) is 3.93. The Bertz CT molecular complexity index is 729. The predicted molar refractivity (Wildman–Crippen MR) is 76.6 cm³/mol. The summed E-state index contributed by atoms with van der Waals surface area (Å²) in [7, 11) is 1.64. The van der Waals surface area contributed by atoms with Crippen LogP contribution in [0.15, 0.2) is 55.0 Å². The van der Waals surface area contributed by atoms with Gasteiger partial charge in [0.25, 0.3) is 0 Å². The Morgan fingerprint density at radius 2 is 1.85 bits per heavy atom. The average Bonchev–Trinajstić information content (AvgIpc) is 2.54. The molecule has 0 spiro atoms. The van der Waals surface area contributed by atoms with Crippen LogP contribution in [0, 0.1) is 0 Å². The second-order valence-corrected chi connectivity index (χ2v) is 4.44. The molecule has 1 unspecified atom stereocenters. The fraction of sp³-hybridized carbons (Fsp3) is 0.125. The number of hydrogen-bond donors (Lipinski definition) is 1. The molecule has 0 radical (unpaired) electrons. The molecule has 0 aliphatic heterocycles. The normalized spacial score (nSPS) is 12.3. The van der Waals surface area contributed by atoms with E-state index in [-0.39, 0.29) is 0 Å². The van der Waals surface area contributed by atoms with Crippen molar-refractivity contribution in [2.45, 2.75) is 6.10 Å². The number of ether oxygens (including phenoxy) is 1. The largest absolute Gasteiger partial charge is 0.496 e. The van der Waals surface area contributed by atoms with Crippen LogP contribution in [0.3, 0.4) is 0 Å². The van der Waals surface area contributed by atoms with Crippen LogP contribution in [-0.4, -0.2) is 22.2 Å². The van der Waals surface area contributed by atoms with Gasteiger partial charge in [-0.25, -0.2) is 0 Å². The second-order valence-electron chi connectivity index (χ2n) is 4.44. The fourth-order valence-electron chi connectivity index (χ4n) is 2.32. The number of benzene rings is 2. The molecule has 4 nitrogen and oxygen atoms in total. The van der Waals surface area contributed by atoms with Gasteiger partial charge in [0.2, 0.25) is 0 Å². The molecule has 1 N–H and O–H groups in total. The molecule has 2 aromatic carbocycles. The zero-order valence-electron chi connectivity index (χ0n) is 11.0. The summed E-state index contributed by atoms with van der Waals surface area (Å²) in [5.41, 5.74) is 1.32. The molecule has 0 saturated carbocycles. The van der Waals surface area contributed by atoms with E-state index in [0.717, 1.165) is 22.1 Å². The lowest BCUT2D eigenvalue weighted by molar-refractivity contribution is 0.216. The molecule has 100 valence electrons. The fourth-order valence-corrected chi connectivity index (χ4v) is 2.32. The Morgan fingerprint density at radius 1 is 1.05 bits per heavy atom. The van der Waals surface area contributed by atoms with Crippen LogP contribution in [-0.2, 0) is 0 Å². The van der Waals surface area contributed by atoms with Gasteiger partial charge in [-0.1, -0.05) is 30.3 Å². The van der Waals surface area contributed by atoms with E-state index in [1.54, 1.807) is 25.7 Å². The van der Waals surface area contributed by atoms with Gasteiger partial charge in [0.15, 0.2) is 0 Å². The van der Waals surface area contributed by atoms with Crippen molar-refractivity contribution in [3.05, 3.63) is 66.2 Å². The third-order valence-electron chi connectivity index (χ3n) is 3.30. The Kier molecular flexibility index (Phi) is 3.31. The molecular formula is C16H14N2O2. The van der Waals surface area contributed by atoms with Crippen molar-refractivity contribution in [2.75, 3.05) is 7.11 Å². The average molecular weight is 266 g/mol. The summed E-state index contributed by atoms with van der Waals surface area (Å²) >= 11 is 0. The first-order valence-corrected chi connectivity index (χ1v) is 6.31. The van der Waals surface area contributed by atoms with Crippen LogP contribution in [0.25, 0.3) is 10.8 Å². The SMILES string of the molecule is COc1ccc(C(O)c2cnccn2)c2ccccc12. The molecule has 0 bridgehead atoms. The highest BCUT2D eigenvalue weighted by atomic mass is 16.5. The Balaban J connectivity index is 2.18. The smallest absolute Gasteiger partial charge is 0.126 e. The molecular weight excluding hydrogens is 252 g/mol. The summed E-state index contributed by atoms with van der Waals surface area (Å²) in [4.78, 5) is 8.16. The summed E-state index contributed by atoms with van der Waals surface area (Å²) in [5, 5.41) is 12.4. The van der Waals surface area contributed by atoms with Crippen molar-refractivity contribution in [3.63, 3.8) is 0 Å². The first-order valence-electron chi connectivity index (χ1n) is 6.31. The van der Waals surface area contributed by atoms with Crippen molar-refractivity contribution in [2.24, 2.45) is 0 Å². The maximum atomic E-state index is 10.5. The zero-order valence-corrected chi connectivity index (χ0v) is 11.0. The lowest BCUT2D eigenvalue weighted by atomic mass is 9.98. The van der Waals surface area contributed by atoms with E-state index in [4.69, 9.17) is 4.74 Å². The minimum atomic E-state index is -0.806. The van der Waals surface area contributed by atoms with Gasteiger partial charge >= 0.3 is 0 Å². The van der Waals surface area contributed by atoms with Gasteiger partial charge in [0.1, 0.15) is 11.9 Å². The summed E-state index contributed by atoms with van der Waals surface area (Å²) in [5.74, 6) is 0.788. The maximum absolute atomic E-state index is 10.5. The molecule has 1 aromatic heterocycles. The van der Waals surface area contributed by atoms with Crippen LogP contribution in [0.5, 0.6) is 5.75 Å². The number of methoxy groups -OCH3 is 1. The second kappa shape index (κ2) is 5.27. The monoisotopic (exact) mass is 266 g/mol. The highest BCUT2D eigenvalue weighted by Crippen LogP contribution is 2.33. The van der Waals surface area contributed by atoms with E-state index in [1.165, 1.54) is 0 Å². The van der Waals surface area contributed by atoms with E-state index in [9.17, 15) is 5.11 Å². The third kappa shape index (κ3) is 2.10. The van der Waals surface area contributed by atoms with Gasteiger partial charge in [-0.3, -0.25) is 9.97 Å². The van der Waals surface area contributed by atoms with Gasteiger partial charge in [-0.2, -0.15) is 0 Å². The number of rotatable bonds is 3. The van der Waals surface area contributed by atoms with Gasteiger partial charge in [-0.05, 0) is 17.0 Å². The highest BCUT2D eigenvalue weighted by Gasteiger charge is 2.16. The van der Waals surface area contributed by atoms with Gasteiger partial charge in [0.05, 0.1) is 19.0 Å². The Morgan fingerprint density at radius 3 is 2.55 bits per heavy atom. The van der Waals surface area contributed by atoms with E-state index in [2.05, 4.69) is 9.97 Å². The van der Waals surface area contributed by atoms with Crippen molar-refractivity contribution in [1.29, 1.82) is 0 Å². The Hall–Kier alpha value is -2.46. The number of nitrogens with zero attached hydrogens (tertiary/aromatic N) is 2. The van der Waals surface area contributed by atoms with Gasteiger partial charge in [0, 0.05) is 17.8 Å². The molecule has 4 heteroatoms. The van der Waals surface area contributed by atoms with Crippen LogP contribution < -0.4 is 4.74 Å². The zero-order chi connectivity index (χ0) is 13.9. The molecule has 20 heavy (non-hydrogen) atoms. The van der Waals surface area contributed by atoms with Crippen LogP contribution in [0.2, 0.25) is 0 Å². The van der Waals surface area contributed by atoms with Crippen LogP contribution >= 0.6 is 0 Å². The molecule has 0 aliphatic rings. The minimum absolute atomic E-state index is 0.530. The molecule has 0 amide bonds. The predicted octanol–water partition coefficient (Wildman–Crippen LogP) is 2.72. The van der Waals surface area contributed by atoms with Crippen LogP contribution in [0.1, 0.15) is 17.4 Å². The van der Waals surface area contributed by atoms with Crippen molar-refractivity contribution in [1.82, 2.24) is 9.97 Å². The summed E-state index contributed by atoms with van der Waals surface area (Å²) < 4.78 is 5.36. The van der Waals surface area contributed by atoms with E-state index in [1.807, 2.05) is 36.4 Å². The lowest BCUT2D eigenvalue weighted by Crippen LogP contribution is -2.03. The summed E-state index contributed by atoms with van der Waals surface area (Å²) in [6, 6.07) is 11.5. The molecule has 1 atom stereocenters. The number of aliphatic hydroxyl groups excluding tert-OH is 1. The molecule has 0 fully saturated rings. The quantitative estimate of drug-likeness (QED) is 0.792. The van der Waals surface area contributed by atoms with Crippen LogP contribution in [0.4, 0.5) is 0 Å². The van der Waals surface area contributed by atoms with E-state index >= 15 is 0 Å². The number of aromatic nitrogens is 2. The van der Waals surface area contributed by atoms with Crippen molar-refractivity contribution in [3.8, 4) is 5.75 Å². The Labute approximate surface area is 116 Å². The van der Waals surface area contributed by atoms with Gasteiger partial charge in [-0.15, -0.1) is 0 Å². The number of hydrogen-bond acceptors (Lipinski definition) is 4. The minimum Gasteiger partial charge on any atom is -0.496 e. The number of fused-ring (bicyclic) bond motifs is 1. The van der Waals surface area contributed by atoms with Crippen molar-refractivity contribution < 1.29 is 9.84 Å². The number of aliphatic hydroxyl groups is 1.